The van der Waals surface area contributed by atoms with Gasteiger partial charge in [-0.15, -0.1) is 12.4 Å². The van der Waals surface area contributed by atoms with Crippen LogP contribution < -0.4 is 5.73 Å². The van der Waals surface area contributed by atoms with E-state index in [2.05, 4.69) is 4.74 Å². The van der Waals surface area contributed by atoms with Crippen molar-refractivity contribution in [1.29, 1.82) is 0 Å². The first-order chi connectivity index (χ1) is 6.17. The van der Waals surface area contributed by atoms with Gasteiger partial charge in [-0.05, 0) is 0 Å². The molecule has 0 unspecified atom stereocenters. The SMILES string of the molecule is COC1(C(F)(F)F)CC(N)(C(=O)O)C1.Cl. The van der Waals surface area contributed by atoms with Gasteiger partial charge in [-0.2, -0.15) is 13.2 Å². The fourth-order valence-corrected chi connectivity index (χ4v) is 1.58. The molecule has 0 amide bonds. The number of aliphatic carboxylic acids is 1. The Morgan fingerprint density at radius 1 is 1.47 bits per heavy atom. The standard InChI is InChI=1S/C7H10F3NO3.ClH/c1-14-6(7(8,9)10)2-5(11,3-6)4(12)13;/h2-3,11H2,1H3,(H,12,13);1H. The number of rotatable bonds is 2. The number of carboxylic acids is 1. The lowest BCUT2D eigenvalue weighted by atomic mass is 9.65. The molecule has 0 atom stereocenters. The van der Waals surface area contributed by atoms with Crippen molar-refractivity contribution in [3.05, 3.63) is 0 Å². The Morgan fingerprint density at radius 3 is 2.07 bits per heavy atom. The van der Waals surface area contributed by atoms with Gasteiger partial charge in [0, 0.05) is 20.0 Å². The maximum Gasteiger partial charge on any atom is 0.417 e. The molecule has 0 aromatic heterocycles. The Labute approximate surface area is 90.0 Å². The van der Waals surface area contributed by atoms with E-state index in [0.29, 0.717) is 0 Å². The Bertz CT molecular complexity index is 263. The average Bonchev–Trinajstić information content (AvgIpc) is 1.95. The highest BCUT2D eigenvalue weighted by Crippen LogP contribution is 2.51. The van der Waals surface area contributed by atoms with Crippen LogP contribution >= 0.6 is 12.4 Å². The molecule has 1 aliphatic carbocycles. The molecule has 1 fully saturated rings. The third-order valence-electron chi connectivity index (χ3n) is 2.54. The molecule has 0 spiro atoms. The zero-order valence-electron chi connectivity index (χ0n) is 7.80. The minimum absolute atomic E-state index is 0. The molecule has 1 saturated carbocycles. The molecule has 4 nitrogen and oxygen atoms in total. The maximum atomic E-state index is 12.4. The summed E-state index contributed by atoms with van der Waals surface area (Å²) in [4.78, 5) is 10.5. The molecule has 8 heteroatoms. The summed E-state index contributed by atoms with van der Waals surface area (Å²) in [5, 5.41) is 8.54. The quantitative estimate of drug-likeness (QED) is 0.764. The highest BCUT2D eigenvalue weighted by atomic mass is 35.5. The van der Waals surface area contributed by atoms with Crippen molar-refractivity contribution in [2.75, 3.05) is 7.11 Å². The van der Waals surface area contributed by atoms with Crippen LogP contribution in [0.15, 0.2) is 0 Å². The first-order valence-electron chi connectivity index (χ1n) is 3.81. The van der Waals surface area contributed by atoms with Gasteiger partial charge in [0.05, 0.1) is 0 Å². The second kappa shape index (κ2) is 3.80. The lowest BCUT2D eigenvalue weighted by Gasteiger charge is -2.50. The Balaban J connectivity index is 0.00000196. The van der Waals surface area contributed by atoms with Crippen molar-refractivity contribution in [2.24, 2.45) is 5.73 Å². The number of alkyl halides is 3. The van der Waals surface area contributed by atoms with Crippen molar-refractivity contribution in [3.63, 3.8) is 0 Å². The number of hydrogen-bond donors (Lipinski definition) is 2. The predicted octanol–water partition coefficient (Wildman–Crippen LogP) is 0.932. The van der Waals surface area contributed by atoms with Gasteiger partial charge >= 0.3 is 12.1 Å². The van der Waals surface area contributed by atoms with Gasteiger partial charge in [-0.25, -0.2) is 0 Å². The summed E-state index contributed by atoms with van der Waals surface area (Å²) in [7, 11) is 0.898. The predicted molar refractivity (Wildman–Crippen MR) is 46.8 cm³/mol. The molecule has 3 N–H and O–H groups in total. The number of methoxy groups -OCH3 is 1. The molecule has 0 aromatic rings. The minimum Gasteiger partial charge on any atom is -0.480 e. The van der Waals surface area contributed by atoms with Gasteiger partial charge in [-0.3, -0.25) is 4.79 Å². The molecule has 1 rings (SSSR count). The van der Waals surface area contributed by atoms with Crippen LogP contribution in [-0.2, 0) is 9.53 Å². The lowest BCUT2D eigenvalue weighted by Crippen LogP contribution is -2.71. The highest BCUT2D eigenvalue weighted by molar-refractivity contribution is 5.85. The Kier molecular flexibility index (Phi) is 3.67. The third kappa shape index (κ3) is 2.04. The largest absolute Gasteiger partial charge is 0.480 e. The van der Waals surface area contributed by atoms with E-state index in [0.717, 1.165) is 7.11 Å². The molecular weight excluding hydrogens is 239 g/mol. The smallest absolute Gasteiger partial charge is 0.417 e. The van der Waals surface area contributed by atoms with Crippen molar-refractivity contribution in [2.45, 2.75) is 30.2 Å². The van der Waals surface area contributed by atoms with Gasteiger partial charge in [0.25, 0.3) is 0 Å². The monoisotopic (exact) mass is 249 g/mol. The van der Waals surface area contributed by atoms with E-state index in [4.69, 9.17) is 10.8 Å². The zero-order valence-corrected chi connectivity index (χ0v) is 8.61. The third-order valence-corrected chi connectivity index (χ3v) is 2.54. The normalized spacial score (nSPS) is 35.3. The molecule has 15 heavy (non-hydrogen) atoms. The van der Waals surface area contributed by atoms with Crippen LogP contribution in [-0.4, -0.2) is 35.5 Å². The summed E-state index contributed by atoms with van der Waals surface area (Å²) in [6.07, 6.45) is -6.06. The second-order valence-electron chi connectivity index (χ2n) is 3.51. The molecule has 0 bridgehead atoms. The van der Waals surface area contributed by atoms with Crippen molar-refractivity contribution in [1.82, 2.24) is 0 Å². The van der Waals surface area contributed by atoms with E-state index < -0.39 is 36.1 Å². The summed E-state index contributed by atoms with van der Waals surface area (Å²) < 4.78 is 41.5. The van der Waals surface area contributed by atoms with Crippen LogP contribution in [0.5, 0.6) is 0 Å². The van der Waals surface area contributed by atoms with E-state index in [1.807, 2.05) is 0 Å². The fraction of sp³-hybridized carbons (Fsp3) is 0.857. The highest BCUT2D eigenvalue weighted by Gasteiger charge is 2.70. The molecule has 0 saturated heterocycles. The average molecular weight is 250 g/mol. The molecule has 0 aliphatic heterocycles. The molecular formula is C7H11ClF3NO3. The number of hydrogen-bond acceptors (Lipinski definition) is 3. The maximum absolute atomic E-state index is 12.4. The van der Waals surface area contributed by atoms with E-state index in [1.54, 1.807) is 0 Å². The summed E-state index contributed by atoms with van der Waals surface area (Å²) in [6.45, 7) is 0. The van der Waals surface area contributed by atoms with Crippen molar-refractivity contribution in [3.8, 4) is 0 Å². The van der Waals surface area contributed by atoms with Crippen LogP contribution in [0.1, 0.15) is 12.8 Å². The van der Waals surface area contributed by atoms with Gasteiger partial charge in [-0.1, -0.05) is 0 Å². The first-order valence-corrected chi connectivity index (χ1v) is 3.81. The van der Waals surface area contributed by atoms with Gasteiger partial charge in [0.1, 0.15) is 5.54 Å². The minimum atomic E-state index is -4.58. The summed E-state index contributed by atoms with van der Waals surface area (Å²) in [6, 6.07) is 0. The summed E-state index contributed by atoms with van der Waals surface area (Å²) in [5.41, 5.74) is 1.01. The van der Waals surface area contributed by atoms with Crippen LogP contribution in [0, 0.1) is 0 Å². The first kappa shape index (κ1) is 14.5. The van der Waals surface area contributed by atoms with E-state index in [1.165, 1.54) is 0 Å². The lowest BCUT2D eigenvalue weighted by molar-refractivity contribution is -0.309. The van der Waals surface area contributed by atoms with Crippen molar-refractivity contribution < 1.29 is 27.8 Å². The second-order valence-corrected chi connectivity index (χ2v) is 3.51. The number of carboxylic acid groups (broad SMARTS) is 1. The van der Waals surface area contributed by atoms with Crippen LogP contribution in [0.4, 0.5) is 13.2 Å². The number of ether oxygens (including phenoxy) is 1. The molecule has 0 heterocycles. The number of nitrogens with two attached hydrogens (primary N) is 1. The molecule has 0 radical (unpaired) electrons. The fourth-order valence-electron chi connectivity index (χ4n) is 1.58. The summed E-state index contributed by atoms with van der Waals surface area (Å²) in [5.74, 6) is -1.44. The zero-order chi connectivity index (χ0) is 11.2. The van der Waals surface area contributed by atoms with E-state index in [9.17, 15) is 18.0 Å². The van der Waals surface area contributed by atoms with Crippen LogP contribution in [0.25, 0.3) is 0 Å². The van der Waals surface area contributed by atoms with E-state index >= 15 is 0 Å². The van der Waals surface area contributed by atoms with Gasteiger partial charge in [0.15, 0.2) is 5.60 Å². The Morgan fingerprint density at radius 2 is 1.87 bits per heavy atom. The summed E-state index contributed by atoms with van der Waals surface area (Å²) >= 11 is 0. The number of halogens is 4. The van der Waals surface area contributed by atoms with Gasteiger partial charge < -0.3 is 15.6 Å². The molecule has 90 valence electrons. The molecule has 1 aliphatic rings. The topological polar surface area (TPSA) is 72.5 Å². The van der Waals surface area contributed by atoms with Crippen molar-refractivity contribution >= 4 is 18.4 Å². The van der Waals surface area contributed by atoms with E-state index in [-0.39, 0.29) is 12.4 Å². The molecule has 0 aromatic carbocycles. The van der Waals surface area contributed by atoms with Gasteiger partial charge in [0.2, 0.25) is 0 Å². The number of carbonyl (C=O) groups is 1. The van der Waals surface area contributed by atoms with Crippen LogP contribution in [0.3, 0.4) is 0 Å². The Hall–Kier alpha value is -0.530. The van der Waals surface area contributed by atoms with Crippen LogP contribution in [0.2, 0.25) is 0 Å².